The highest BCUT2D eigenvalue weighted by Gasteiger charge is 2.24. The van der Waals surface area contributed by atoms with E-state index in [1.54, 1.807) is 4.57 Å². The van der Waals surface area contributed by atoms with Crippen LogP contribution in [0.5, 0.6) is 0 Å². The number of ether oxygens (including phenoxy) is 1. The minimum atomic E-state index is -0.330. The lowest BCUT2D eigenvalue weighted by Gasteiger charge is -2.02. The molecule has 0 saturated carbocycles. The number of nitrogens with one attached hydrogen (secondary N) is 1. The number of amides is 1. The van der Waals surface area contributed by atoms with Crippen molar-refractivity contribution in [2.75, 3.05) is 6.61 Å². The molecule has 1 fully saturated rings. The fraction of sp³-hybridized carbons (Fsp3) is 0.706. The van der Waals surface area contributed by atoms with E-state index in [9.17, 15) is 9.59 Å². The fourth-order valence-corrected chi connectivity index (χ4v) is 3.04. The van der Waals surface area contributed by atoms with Crippen LogP contribution in [0.15, 0.2) is 9.32 Å². The first-order valence-corrected chi connectivity index (χ1v) is 9.49. The molecule has 1 saturated heterocycles. The van der Waals surface area contributed by atoms with Crippen LogP contribution in [0.3, 0.4) is 0 Å². The Balaban J connectivity index is 1.56. The third-order valence-electron chi connectivity index (χ3n) is 4.50. The Labute approximate surface area is 156 Å². The van der Waals surface area contributed by atoms with Crippen molar-refractivity contribution in [3.8, 4) is 0 Å². The number of nitrogens with zero attached hydrogens (tertiary/aromatic N) is 5. The Morgan fingerprint density at radius 3 is 2.93 bits per heavy atom. The van der Waals surface area contributed by atoms with Gasteiger partial charge in [0.15, 0.2) is 5.82 Å². The summed E-state index contributed by atoms with van der Waals surface area (Å²) in [6.07, 6.45) is 4.37. The van der Waals surface area contributed by atoms with E-state index in [1.807, 2.05) is 6.92 Å². The number of aromatic nitrogens is 5. The summed E-state index contributed by atoms with van der Waals surface area (Å²) in [4.78, 5) is 28.8. The fourth-order valence-electron chi connectivity index (χ4n) is 3.04. The molecule has 2 aromatic heterocycles. The number of hydrogen-bond donors (Lipinski definition) is 1. The van der Waals surface area contributed by atoms with Crippen LogP contribution in [0.2, 0.25) is 0 Å². The zero-order valence-corrected chi connectivity index (χ0v) is 15.8. The third kappa shape index (κ3) is 4.62. The molecule has 1 unspecified atom stereocenters. The summed E-state index contributed by atoms with van der Waals surface area (Å²) >= 11 is 0. The summed E-state index contributed by atoms with van der Waals surface area (Å²) in [6, 6.07) is 0. The number of hydrogen-bond acceptors (Lipinski definition) is 7. The quantitative estimate of drug-likeness (QED) is 0.690. The minimum Gasteiger partial charge on any atom is -0.368 e. The largest absolute Gasteiger partial charge is 0.368 e. The van der Waals surface area contributed by atoms with Gasteiger partial charge in [0.25, 0.3) is 5.89 Å². The molecule has 0 radical (unpaired) electrons. The van der Waals surface area contributed by atoms with Crippen molar-refractivity contribution in [1.82, 2.24) is 29.8 Å². The SMILES string of the molecule is CCCCc1nn(CC(=O)NCc2noc(C3CCCO3)n2)c(=O)n1CC. The summed E-state index contributed by atoms with van der Waals surface area (Å²) in [5, 5.41) is 10.9. The van der Waals surface area contributed by atoms with Gasteiger partial charge in [0.1, 0.15) is 18.5 Å². The van der Waals surface area contributed by atoms with Crippen LogP contribution in [0.1, 0.15) is 63.2 Å². The predicted molar refractivity (Wildman–Crippen MR) is 94.8 cm³/mol. The van der Waals surface area contributed by atoms with Gasteiger partial charge in [-0.3, -0.25) is 9.36 Å². The Kier molecular flexibility index (Phi) is 6.38. The van der Waals surface area contributed by atoms with Gasteiger partial charge in [-0.1, -0.05) is 18.5 Å². The second-order valence-corrected chi connectivity index (χ2v) is 6.53. The van der Waals surface area contributed by atoms with Gasteiger partial charge in [-0.25, -0.2) is 9.48 Å². The van der Waals surface area contributed by atoms with Gasteiger partial charge in [-0.05, 0) is 26.2 Å². The Morgan fingerprint density at radius 1 is 1.37 bits per heavy atom. The number of aryl methyl sites for hydroxylation is 1. The zero-order valence-electron chi connectivity index (χ0n) is 15.8. The highest BCUT2D eigenvalue weighted by molar-refractivity contribution is 5.75. The van der Waals surface area contributed by atoms with E-state index in [4.69, 9.17) is 9.26 Å². The molecule has 0 aromatic carbocycles. The lowest BCUT2D eigenvalue weighted by molar-refractivity contribution is -0.122. The average molecular weight is 378 g/mol. The van der Waals surface area contributed by atoms with E-state index < -0.39 is 0 Å². The van der Waals surface area contributed by atoms with Gasteiger partial charge >= 0.3 is 5.69 Å². The Hall–Kier alpha value is -2.49. The Bertz CT molecular complexity index is 818. The molecule has 2 aromatic rings. The van der Waals surface area contributed by atoms with Gasteiger partial charge in [0.05, 0.1) is 6.54 Å². The number of carbonyl (C=O) groups excluding carboxylic acids is 1. The summed E-state index contributed by atoms with van der Waals surface area (Å²) in [6.45, 7) is 5.20. The van der Waals surface area contributed by atoms with Crippen LogP contribution in [0, 0.1) is 0 Å². The molecule has 1 amide bonds. The molecule has 10 nitrogen and oxygen atoms in total. The highest BCUT2D eigenvalue weighted by Crippen LogP contribution is 2.26. The van der Waals surface area contributed by atoms with Gasteiger partial charge in [0, 0.05) is 19.6 Å². The molecule has 3 rings (SSSR count). The summed E-state index contributed by atoms with van der Waals surface area (Å²) < 4.78 is 13.5. The van der Waals surface area contributed by atoms with E-state index >= 15 is 0 Å². The molecule has 1 N–H and O–H groups in total. The standard InChI is InChI=1S/C17H26N6O4/c1-3-5-8-14-20-23(17(25)22(14)4-2)11-15(24)18-10-13-19-16(27-21-13)12-7-6-9-26-12/h12H,3-11H2,1-2H3,(H,18,24). The van der Waals surface area contributed by atoms with Gasteiger partial charge < -0.3 is 14.6 Å². The van der Waals surface area contributed by atoms with Gasteiger partial charge in [-0.2, -0.15) is 10.1 Å². The second-order valence-electron chi connectivity index (χ2n) is 6.53. The van der Waals surface area contributed by atoms with Crippen LogP contribution >= 0.6 is 0 Å². The summed E-state index contributed by atoms with van der Waals surface area (Å²) in [7, 11) is 0. The van der Waals surface area contributed by atoms with Crippen molar-refractivity contribution in [2.24, 2.45) is 0 Å². The first kappa shape index (κ1) is 19.3. The molecular weight excluding hydrogens is 352 g/mol. The maximum absolute atomic E-state index is 12.4. The van der Waals surface area contributed by atoms with Gasteiger partial charge in [-0.15, -0.1) is 0 Å². The van der Waals surface area contributed by atoms with Crippen LogP contribution in [-0.2, 0) is 35.6 Å². The average Bonchev–Trinajstić information content (AvgIpc) is 3.39. The van der Waals surface area contributed by atoms with Crippen molar-refractivity contribution in [1.29, 1.82) is 0 Å². The van der Waals surface area contributed by atoms with Gasteiger partial charge in [0.2, 0.25) is 5.91 Å². The molecule has 0 bridgehead atoms. The number of carbonyl (C=O) groups is 1. The molecular formula is C17H26N6O4. The molecule has 1 atom stereocenters. The van der Waals surface area contributed by atoms with Crippen LogP contribution < -0.4 is 11.0 Å². The lowest BCUT2D eigenvalue weighted by Crippen LogP contribution is -2.33. The molecule has 148 valence electrons. The smallest absolute Gasteiger partial charge is 0.346 e. The topological polar surface area (TPSA) is 117 Å². The van der Waals surface area contributed by atoms with E-state index in [0.29, 0.717) is 24.9 Å². The van der Waals surface area contributed by atoms with Crippen molar-refractivity contribution in [2.45, 2.75) is 71.7 Å². The predicted octanol–water partition coefficient (Wildman–Crippen LogP) is 0.958. The minimum absolute atomic E-state index is 0.126. The third-order valence-corrected chi connectivity index (χ3v) is 4.50. The molecule has 10 heteroatoms. The first-order valence-electron chi connectivity index (χ1n) is 9.49. The highest BCUT2D eigenvalue weighted by atomic mass is 16.5. The maximum Gasteiger partial charge on any atom is 0.346 e. The molecule has 0 aliphatic carbocycles. The Morgan fingerprint density at radius 2 is 2.22 bits per heavy atom. The first-order chi connectivity index (χ1) is 13.1. The van der Waals surface area contributed by atoms with Crippen LogP contribution in [-0.4, -0.2) is 37.0 Å². The second kappa shape index (κ2) is 8.94. The van der Waals surface area contributed by atoms with E-state index in [-0.39, 0.29) is 30.8 Å². The molecule has 1 aliphatic heterocycles. The van der Waals surface area contributed by atoms with Crippen molar-refractivity contribution >= 4 is 5.91 Å². The van der Waals surface area contributed by atoms with Crippen molar-refractivity contribution in [3.05, 3.63) is 28.0 Å². The molecule has 1 aliphatic rings. The lowest BCUT2D eigenvalue weighted by atomic mass is 10.2. The zero-order chi connectivity index (χ0) is 19.2. The monoisotopic (exact) mass is 378 g/mol. The van der Waals surface area contributed by atoms with E-state index in [0.717, 1.165) is 37.9 Å². The van der Waals surface area contributed by atoms with E-state index in [1.165, 1.54) is 4.68 Å². The van der Waals surface area contributed by atoms with Crippen molar-refractivity contribution < 1.29 is 14.1 Å². The summed E-state index contributed by atoms with van der Waals surface area (Å²) in [5.41, 5.74) is -0.265. The van der Waals surface area contributed by atoms with E-state index in [2.05, 4.69) is 27.5 Å². The van der Waals surface area contributed by atoms with Crippen LogP contribution in [0.4, 0.5) is 0 Å². The number of unbranched alkanes of at least 4 members (excludes halogenated alkanes) is 1. The van der Waals surface area contributed by atoms with Crippen LogP contribution in [0.25, 0.3) is 0 Å². The summed E-state index contributed by atoms with van der Waals surface area (Å²) in [5.74, 6) is 1.21. The molecule has 3 heterocycles. The maximum atomic E-state index is 12.4. The van der Waals surface area contributed by atoms with Crippen molar-refractivity contribution in [3.63, 3.8) is 0 Å². The number of rotatable bonds is 9. The molecule has 0 spiro atoms. The molecule has 27 heavy (non-hydrogen) atoms. The normalized spacial score (nSPS) is 16.7.